The second kappa shape index (κ2) is 10.7. The van der Waals surface area contributed by atoms with Gasteiger partial charge < -0.3 is 24.4 Å². The summed E-state index contributed by atoms with van der Waals surface area (Å²) in [7, 11) is 5.65. The summed E-state index contributed by atoms with van der Waals surface area (Å²) in [5.74, 6) is 1.48. The van der Waals surface area contributed by atoms with Gasteiger partial charge in [-0.1, -0.05) is 12.1 Å². The molecule has 1 atom stereocenters. The number of piperazine rings is 1. The molecule has 2 aliphatic rings. The number of fused-ring (bicyclic) bond motifs is 1. The van der Waals surface area contributed by atoms with Gasteiger partial charge in [0.2, 0.25) is 5.95 Å². The quantitative estimate of drug-likeness (QED) is 0.274. The van der Waals surface area contributed by atoms with Crippen molar-refractivity contribution < 1.29 is 9.66 Å². The number of likely N-dealkylation sites (N-methyl/N-ethyl adjacent to an activating group) is 1. The number of ether oxygens (including phenoxy) is 1. The summed E-state index contributed by atoms with van der Waals surface area (Å²) < 4.78 is 7.66. The number of nitrogens with one attached hydrogen (secondary N) is 1. The predicted octanol–water partition coefficient (Wildman–Crippen LogP) is 3.52. The number of rotatable bonds is 7. The van der Waals surface area contributed by atoms with Gasteiger partial charge >= 0.3 is 0 Å². The highest BCUT2D eigenvalue weighted by molar-refractivity contribution is 5.80. The lowest BCUT2D eigenvalue weighted by Gasteiger charge is -2.36. The zero-order valence-electron chi connectivity index (χ0n) is 22.9. The van der Waals surface area contributed by atoms with Crippen molar-refractivity contribution in [3.8, 4) is 17.3 Å². The number of anilines is 3. The van der Waals surface area contributed by atoms with Crippen LogP contribution in [0.2, 0.25) is 0 Å². The van der Waals surface area contributed by atoms with Crippen molar-refractivity contribution in [2.75, 3.05) is 63.6 Å². The average molecular weight is 544 g/mol. The highest BCUT2D eigenvalue weighted by atomic mass is 16.6. The molecule has 2 aromatic heterocycles. The smallest absolute Gasteiger partial charge is 0.294 e. The third kappa shape index (κ3) is 4.91. The van der Waals surface area contributed by atoms with Crippen LogP contribution < -0.4 is 15.0 Å². The van der Waals surface area contributed by atoms with E-state index in [0.717, 1.165) is 56.7 Å². The first-order chi connectivity index (χ1) is 19.4. The van der Waals surface area contributed by atoms with Crippen LogP contribution in [0, 0.1) is 10.1 Å². The number of nitro benzene ring substituents is 1. The van der Waals surface area contributed by atoms with E-state index in [9.17, 15) is 10.1 Å². The molecule has 0 unspecified atom stereocenters. The lowest BCUT2D eigenvalue weighted by Crippen LogP contribution is -2.49. The van der Waals surface area contributed by atoms with E-state index < -0.39 is 0 Å². The number of hydrogen-bond acceptors (Lipinski definition) is 10. The van der Waals surface area contributed by atoms with Gasteiger partial charge in [-0.15, -0.1) is 0 Å². The van der Waals surface area contributed by atoms with E-state index in [4.69, 9.17) is 9.72 Å². The molecule has 2 fully saturated rings. The van der Waals surface area contributed by atoms with Crippen LogP contribution in [0.25, 0.3) is 22.6 Å². The maximum atomic E-state index is 12.2. The third-order valence-corrected chi connectivity index (χ3v) is 7.97. The number of aromatic nitrogens is 4. The van der Waals surface area contributed by atoms with Crippen molar-refractivity contribution in [3.05, 3.63) is 58.8 Å². The van der Waals surface area contributed by atoms with Crippen LogP contribution in [0.4, 0.5) is 23.0 Å². The van der Waals surface area contributed by atoms with Gasteiger partial charge in [0.05, 0.1) is 28.8 Å². The molecule has 1 N–H and O–H groups in total. The van der Waals surface area contributed by atoms with Gasteiger partial charge in [0, 0.05) is 70.7 Å². The normalized spacial score (nSPS) is 18.4. The summed E-state index contributed by atoms with van der Waals surface area (Å²) in [4.78, 5) is 32.6. The van der Waals surface area contributed by atoms with E-state index in [1.807, 2.05) is 35.9 Å². The van der Waals surface area contributed by atoms with Crippen LogP contribution in [-0.2, 0) is 7.05 Å². The number of methoxy groups -OCH3 is 1. The minimum absolute atomic E-state index is 0.0221. The minimum Gasteiger partial charge on any atom is -0.494 e. The number of para-hydroxylation sites is 2. The zero-order valence-corrected chi connectivity index (χ0v) is 22.9. The lowest BCUT2D eigenvalue weighted by molar-refractivity contribution is -0.384. The number of hydrogen-bond donors (Lipinski definition) is 1. The Hall–Kier alpha value is -4.29. The maximum absolute atomic E-state index is 12.2. The van der Waals surface area contributed by atoms with Crippen molar-refractivity contribution in [2.45, 2.75) is 12.5 Å². The van der Waals surface area contributed by atoms with Crippen LogP contribution in [0.1, 0.15) is 6.42 Å². The first-order valence-corrected chi connectivity index (χ1v) is 13.5. The Morgan fingerprint density at radius 1 is 1.05 bits per heavy atom. The topological polar surface area (TPSA) is 118 Å². The number of aryl methyl sites for hydroxylation is 1. The first-order valence-electron chi connectivity index (χ1n) is 13.5. The van der Waals surface area contributed by atoms with Gasteiger partial charge in [-0.25, -0.2) is 15.0 Å². The Labute approximate surface area is 232 Å². The molecule has 4 aromatic rings. The highest BCUT2D eigenvalue weighted by Crippen LogP contribution is 2.41. The molecule has 0 bridgehead atoms. The molecule has 0 aliphatic carbocycles. The molecule has 4 heterocycles. The molecule has 2 aromatic carbocycles. The number of benzene rings is 2. The van der Waals surface area contributed by atoms with Gasteiger partial charge in [-0.3, -0.25) is 15.0 Å². The van der Waals surface area contributed by atoms with Crippen LogP contribution in [-0.4, -0.2) is 93.7 Å². The van der Waals surface area contributed by atoms with E-state index in [0.29, 0.717) is 40.6 Å². The molecule has 6 rings (SSSR count). The molecule has 0 amide bonds. The van der Waals surface area contributed by atoms with Crippen LogP contribution in [0.3, 0.4) is 0 Å². The molecule has 12 heteroatoms. The zero-order chi connectivity index (χ0) is 27.8. The van der Waals surface area contributed by atoms with Crippen molar-refractivity contribution in [3.63, 3.8) is 0 Å². The molecule has 0 saturated carbocycles. The van der Waals surface area contributed by atoms with Gasteiger partial charge in [0.1, 0.15) is 17.1 Å². The molecule has 0 spiro atoms. The van der Waals surface area contributed by atoms with Crippen LogP contribution >= 0.6 is 0 Å². The van der Waals surface area contributed by atoms with Gasteiger partial charge in [0.15, 0.2) is 5.82 Å². The highest BCUT2D eigenvalue weighted by Gasteiger charge is 2.33. The summed E-state index contributed by atoms with van der Waals surface area (Å²) in [5, 5.41) is 15.4. The lowest BCUT2D eigenvalue weighted by atomic mass is 10.2. The summed E-state index contributed by atoms with van der Waals surface area (Å²) in [6, 6.07) is 13.3. The van der Waals surface area contributed by atoms with Crippen molar-refractivity contribution in [2.24, 2.45) is 7.05 Å². The first kappa shape index (κ1) is 26.0. The fourth-order valence-electron chi connectivity index (χ4n) is 5.71. The van der Waals surface area contributed by atoms with Crippen LogP contribution in [0.15, 0.2) is 48.7 Å². The van der Waals surface area contributed by atoms with E-state index in [1.54, 1.807) is 25.4 Å². The van der Waals surface area contributed by atoms with Gasteiger partial charge in [-0.2, -0.15) is 0 Å². The van der Waals surface area contributed by atoms with Crippen molar-refractivity contribution in [1.82, 2.24) is 29.3 Å². The Balaban J connectivity index is 1.27. The van der Waals surface area contributed by atoms with Gasteiger partial charge in [-0.05, 0) is 31.7 Å². The molecule has 2 saturated heterocycles. The van der Waals surface area contributed by atoms with E-state index in [2.05, 4.69) is 37.0 Å². The summed E-state index contributed by atoms with van der Waals surface area (Å²) in [6.07, 6.45) is 2.62. The molecule has 208 valence electrons. The molecule has 40 heavy (non-hydrogen) atoms. The monoisotopic (exact) mass is 543 g/mol. The minimum atomic E-state index is -0.333. The van der Waals surface area contributed by atoms with Crippen LogP contribution in [0.5, 0.6) is 5.75 Å². The fraction of sp³-hybridized carbons (Fsp3) is 0.393. The Morgan fingerprint density at radius 3 is 2.60 bits per heavy atom. The molecule has 12 nitrogen and oxygen atoms in total. The molecular weight excluding hydrogens is 510 g/mol. The maximum Gasteiger partial charge on any atom is 0.294 e. The molecular formula is C28H33N9O3. The van der Waals surface area contributed by atoms with E-state index >= 15 is 0 Å². The largest absolute Gasteiger partial charge is 0.494 e. The number of nitro groups is 1. The standard InChI is InChI=1S/C28H33N9O3/c1-33-12-14-35(15-13-33)19-9-11-36(18-19)24-17-26(40-3)22(16-25(24)37(38)39)32-28-29-10-8-21(31-28)27-30-20-6-4-5-7-23(20)34(27)2/h4-8,10,16-17,19H,9,11-15,18H2,1-3H3,(H,29,31,32)/t19-/m1/s1. The molecule has 2 aliphatic heterocycles. The SMILES string of the molecule is COc1cc(N2CC[C@@H](N3CCN(C)CC3)C2)c([N+](=O)[O-])cc1Nc1nccc(-c2nc3ccccc3n2C)n1. The van der Waals surface area contributed by atoms with Crippen molar-refractivity contribution in [1.29, 1.82) is 0 Å². The summed E-state index contributed by atoms with van der Waals surface area (Å²) in [6.45, 7) is 5.66. The number of imidazole rings is 1. The fourth-order valence-corrected chi connectivity index (χ4v) is 5.71. The summed E-state index contributed by atoms with van der Waals surface area (Å²) in [5.41, 5.74) is 3.52. The predicted molar refractivity (Wildman–Crippen MR) is 154 cm³/mol. The third-order valence-electron chi connectivity index (χ3n) is 7.97. The van der Waals surface area contributed by atoms with Crippen molar-refractivity contribution >= 4 is 34.0 Å². The van der Waals surface area contributed by atoms with Gasteiger partial charge in [0.25, 0.3) is 5.69 Å². The number of nitrogens with zero attached hydrogens (tertiary/aromatic N) is 8. The van der Waals surface area contributed by atoms with E-state index in [-0.39, 0.29) is 10.6 Å². The second-order valence-electron chi connectivity index (χ2n) is 10.4. The van der Waals surface area contributed by atoms with E-state index in [1.165, 1.54) is 6.07 Å². The molecule has 0 radical (unpaired) electrons. The Bertz CT molecular complexity index is 1550. The Morgan fingerprint density at radius 2 is 1.85 bits per heavy atom. The second-order valence-corrected chi connectivity index (χ2v) is 10.4. The Kier molecular flexibility index (Phi) is 6.95. The summed E-state index contributed by atoms with van der Waals surface area (Å²) >= 11 is 0. The average Bonchev–Trinajstić information content (AvgIpc) is 3.59.